The molecule has 0 aliphatic carbocycles. The molecule has 0 saturated heterocycles. The number of hydrogen-bond acceptors (Lipinski definition) is 6. The Balaban J connectivity index is 1.38. The maximum absolute atomic E-state index is 13.6. The smallest absolute Gasteiger partial charge is 0.270 e. The van der Waals surface area contributed by atoms with E-state index < -0.39 is 0 Å². The minimum absolute atomic E-state index is 0.216. The van der Waals surface area contributed by atoms with Gasteiger partial charge in [0.25, 0.3) is 5.91 Å². The zero-order valence-electron chi connectivity index (χ0n) is 15.5. The Labute approximate surface area is 166 Å². The topological polar surface area (TPSA) is 85.4 Å². The first kappa shape index (κ1) is 18.7. The summed E-state index contributed by atoms with van der Waals surface area (Å²) >= 11 is 0. The number of hydrogen-bond donors (Lipinski definition) is 2. The van der Waals surface area contributed by atoms with E-state index >= 15 is 0 Å². The van der Waals surface area contributed by atoms with Gasteiger partial charge in [0.2, 0.25) is 0 Å². The summed E-state index contributed by atoms with van der Waals surface area (Å²) in [4.78, 5) is 20.5. The fourth-order valence-electron chi connectivity index (χ4n) is 2.92. The number of carbonyl (C=O) groups excluding carboxylic acids is 1. The third kappa shape index (κ3) is 4.60. The Kier molecular flexibility index (Phi) is 5.51. The molecule has 1 aromatic heterocycles. The zero-order chi connectivity index (χ0) is 20.1. The first-order valence-electron chi connectivity index (χ1n) is 9.19. The van der Waals surface area contributed by atoms with Crippen LogP contribution in [0.3, 0.4) is 0 Å². The molecule has 2 heterocycles. The van der Waals surface area contributed by atoms with E-state index in [4.69, 9.17) is 9.47 Å². The lowest BCUT2D eigenvalue weighted by atomic mass is 10.1. The minimum atomic E-state index is -0.353. The quantitative estimate of drug-likeness (QED) is 0.668. The van der Waals surface area contributed by atoms with Crippen LogP contribution in [0.1, 0.15) is 16.1 Å². The van der Waals surface area contributed by atoms with Crippen LogP contribution in [0.15, 0.2) is 54.9 Å². The number of aromatic nitrogens is 2. The molecule has 3 aromatic rings. The van der Waals surface area contributed by atoms with Crippen LogP contribution in [0.4, 0.5) is 15.9 Å². The molecule has 0 unspecified atom stereocenters. The Hall–Kier alpha value is -3.68. The lowest BCUT2D eigenvalue weighted by Gasteiger charge is -2.19. The largest absolute Gasteiger partial charge is 0.486 e. The Bertz CT molecular complexity index is 1030. The Morgan fingerprint density at radius 3 is 2.72 bits per heavy atom. The second-order valence-corrected chi connectivity index (χ2v) is 6.37. The highest BCUT2D eigenvalue weighted by Crippen LogP contribution is 2.33. The van der Waals surface area contributed by atoms with Gasteiger partial charge in [-0.25, -0.2) is 14.4 Å². The summed E-state index contributed by atoms with van der Waals surface area (Å²) in [7, 11) is 0. The highest BCUT2D eigenvalue weighted by atomic mass is 19.1. The van der Waals surface area contributed by atoms with Crippen molar-refractivity contribution >= 4 is 17.4 Å². The molecule has 8 heteroatoms. The number of amides is 1. The second kappa shape index (κ2) is 8.55. The maximum Gasteiger partial charge on any atom is 0.270 e. The number of rotatable bonds is 6. The summed E-state index contributed by atoms with van der Waals surface area (Å²) in [6.45, 7) is 1.33. The average Bonchev–Trinajstić information content (AvgIpc) is 2.75. The van der Waals surface area contributed by atoms with E-state index in [0.29, 0.717) is 49.1 Å². The van der Waals surface area contributed by atoms with Gasteiger partial charge in [-0.2, -0.15) is 0 Å². The predicted octanol–water partition coefficient (Wildman–Crippen LogP) is 3.10. The number of fused-ring (bicyclic) bond motifs is 1. The van der Waals surface area contributed by atoms with E-state index in [-0.39, 0.29) is 17.4 Å². The normalized spacial score (nSPS) is 12.3. The van der Waals surface area contributed by atoms with Crippen molar-refractivity contribution in [2.24, 2.45) is 0 Å². The molecule has 0 radical (unpaired) electrons. The molecule has 4 rings (SSSR count). The van der Waals surface area contributed by atoms with Crippen molar-refractivity contribution in [2.45, 2.75) is 6.42 Å². The molecule has 0 bridgehead atoms. The summed E-state index contributed by atoms with van der Waals surface area (Å²) in [6.07, 6.45) is 1.71. The Morgan fingerprint density at radius 2 is 1.86 bits per heavy atom. The van der Waals surface area contributed by atoms with Crippen LogP contribution >= 0.6 is 0 Å². The van der Waals surface area contributed by atoms with Gasteiger partial charge in [-0.15, -0.1) is 0 Å². The van der Waals surface area contributed by atoms with E-state index in [1.807, 2.05) is 18.2 Å². The number of carbonyl (C=O) groups is 1. The lowest BCUT2D eigenvalue weighted by molar-refractivity contribution is 0.0949. The van der Waals surface area contributed by atoms with Crippen LogP contribution in [-0.2, 0) is 6.42 Å². The number of ether oxygens (including phenoxy) is 2. The molecule has 0 atom stereocenters. The fourth-order valence-corrected chi connectivity index (χ4v) is 2.92. The van der Waals surface area contributed by atoms with Gasteiger partial charge in [0, 0.05) is 24.4 Å². The van der Waals surface area contributed by atoms with Crippen molar-refractivity contribution in [3.63, 3.8) is 0 Å². The van der Waals surface area contributed by atoms with Gasteiger partial charge < -0.3 is 20.1 Å². The van der Waals surface area contributed by atoms with Crippen LogP contribution < -0.4 is 20.1 Å². The van der Waals surface area contributed by atoms with E-state index in [1.54, 1.807) is 24.3 Å². The van der Waals surface area contributed by atoms with Crippen LogP contribution in [-0.4, -0.2) is 35.6 Å². The molecule has 1 aliphatic heterocycles. The van der Waals surface area contributed by atoms with Crippen LogP contribution in [0, 0.1) is 5.82 Å². The maximum atomic E-state index is 13.6. The molecule has 29 heavy (non-hydrogen) atoms. The molecule has 0 spiro atoms. The summed E-state index contributed by atoms with van der Waals surface area (Å²) in [5.41, 5.74) is 1.52. The van der Waals surface area contributed by atoms with Gasteiger partial charge >= 0.3 is 0 Å². The summed E-state index contributed by atoms with van der Waals surface area (Å²) < 4.78 is 24.7. The Morgan fingerprint density at radius 1 is 1.03 bits per heavy atom. The van der Waals surface area contributed by atoms with Gasteiger partial charge in [-0.3, -0.25) is 4.79 Å². The zero-order valence-corrected chi connectivity index (χ0v) is 15.5. The first-order valence-corrected chi connectivity index (χ1v) is 9.19. The van der Waals surface area contributed by atoms with Gasteiger partial charge in [0.1, 0.15) is 36.9 Å². The minimum Gasteiger partial charge on any atom is -0.486 e. The number of anilines is 2. The summed E-state index contributed by atoms with van der Waals surface area (Å²) in [5.74, 6) is 1.18. The molecule has 148 valence electrons. The highest BCUT2D eigenvalue weighted by Gasteiger charge is 2.13. The fraction of sp³-hybridized carbons (Fsp3) is 0.190. The van der Waals surface area contributed by atoms with Gasteiger partial charge in [-0.05, 0) is 30.2 Å². The SMILES string of the molecule is O=C(NCCc1ccccc1F)c1cc(Nc2ccc3c(c2)OCCO3)ncn1. The molecule has 2 aromatic carbocycles. The number of nitrogens with zero attached hydrogens (tertiary/aromatic N) is 2. The van der Waals surface area contributed by atoms with Gasteiger partial charge in [0.05, 0.1) is 0 Å². The molecule has 0 saturated carbocycles. The molecule has 7 nitrogen and oxygen atoms in total. The lowest BCUT2D eigenvalue weighted by Crippen LogP contribution is -2.26. The molecule has 0 fully saturated rings. The molecular formula is C21H19FN4O3. The van der Waals surface area contributed by atoms with E-state index in [0.717, 1.165) is 5.69 Å². The number of benzene rings is 2. The van der Waals surface area contributed by atoms with Gasteiger partial charge in [-0.1, -0.05) is 18.2 Å². The predicted molar refractivity (Wildman–Crippen MR) is 105 cm³/mol. The number of nitrogens with one attached hydrogen (secondary N) is 2. The van der Waals surface area contributed by atoms with Crippen molar-refractivity contribution in [2.75, 3.05) is 25.1 Å². The molecule has 1 aliphatic rings. The molecule has 1 amide bonds. The number of halogens is 1. The van der Waals surface area contributed by atoms with Crippen molar-refractivity contribution in [1.82, 2.24) is 15.3 Å². The third-order valence-corrected chi connectivity index (χ3v) is 4.35. The van der Waals surface area contributed by atoms with E-state index in [9.17, 15) is 9.18 Å². The van der Waals surface area contributed by atoms with E-state index in [1.165, 1.54) is 12.4 Å². The summed E-state index contributed by atoms with van der Waals surface area (Å²) in [6, 6.07) is 13.5. The van der Waals surface area contributed by atoms with Crippen molar-refractivity contribution in [1.29, 1.82) is 0 Å². The molecule has 2 N–H and O–H groups in total. The van der Waals surface area contributed by atoms with Crippen LogP contribution in [0.5, 0.6) is 11.5 Å². The monoisotopic (exact) mass is 394 g/mol. The summed E-state index contributed by atoms with van der Waals surface area (Å²) in [5, 5.41) is 5.87. The van der Waals surface area contributed by atoms with Gasteiger partial charge in [0.15, 0.2) is 11.5 Å². The van der Waals surface area contributed by atoms with Crippen molar-refractivity contribution in [3.05, 3.63) is 71.9 Å². The first-order chi connectivity index (χ1) is 14.2. The van der Waals surface area contributed by atoms with Crippen LogP contribution in [0.2, 0.25) is 0 Å². The van der Waals surface area contributed by atoms with Crippen molar-refractivity contribution in [3.8, 4) is 11.5 Å². The third-order valence-electron chi connectivity index (χ3n) is 4.35. The second-order valence-electron chi connectivity index (χ2n) is 6.37. The van der Waals surface area contributed by atoms with Crippen molar-refractivity contribution < 1.29 is 18.7 Å². The van der Waals surface area contributed by atoms with Crippen LogP contribution in [0.25, 0.3) is 0 Å². The standard InChI is InChI=1S/C21H19FN4O3/c22-16-4-2-1-3-14(16)7-8-23-21(27)17-12-20(25-13-24-17)26-15-5-6-18-19(11-15)29-10-9-28-18/h1-6,11-13H,7-10H2,(H,23,27)(H,24,25,26). The highest BCUT2D eigenvalue weighted by molar-refractivity contribution is 5.93. The molecular weight excluding hydrogens is 375 g/mol. The average molecular weight is 394 g/mol. The van der Waals surface area contributed by atoms with E-state index in [2.05, 4.69) is 20.6 Å².